The molecule has 3 aromatic rings. The first-order valence-corrected chi connectivity index (χ1v) is 7.48. The summed E-state index contributed by atoms with van der Waals surface area (Å²) >= 11 is 6.13. The first-order chi connectivity index (χ1) is 11.2. The molecule has 0 bridgehead atoms. The van der Waals surface area contributed by atoms with Crippen LogP contribution in [0.2, 0.25) is 5.02 Å². The Hall–Kier alpha value is -2.72. The lowest BCUT2D eigenvalue weighted by Gasteiger charge is -2.09. The average molecular weight is 326 g/mol. The number of carbonyl (C=O) groups excluding carboxylic acids is 1. The molecule has 4 nitrogen and oxygen atoms in total. The van der Waals surface area contributed by atoms with Crippen molar-refractivity contribution in [1.29, 1.82) is 0 Å². The van der Waals surface area contributed by atoms with Gasteiger partial charge < -0.3 is 14.8 Å². The molecule has 1 aliphatic heterocycles. The lowest BCUT2D eigenvalue weighted by atomic mass is 10.1. The molecular weight excluding hydrogens is 314 g/mol. The van der Waals surface area contributed by atoms with E-state index in [1.54, 1.807) is 12.1 Å². The molecule has 1 heterocycles. The summed E-state index contributed by atoms with van der Waals surface area (Å²) in [5, 5.41) is 5.34. The van der Waals surface area contributed by atoms with Crippen molar-refractivity contribution in [3.05, 3.63) is 65.2 Å². The summed E-state index contributed by atoms with van der Waals surface area (Å²) in [5.74, 6) is 0.718. The number of ether oxygens (including phenoxy) is 2. The van der Waals surface area contributed by atoms with E-state index in [2.05, 4.69) is 5.32 Å². The van der Waals surface area contributed by atoms with Gasteiger partial charge in [0, 0.05) is 16.6 Å². The van der Waals surface area contributed by atoms with Crippen LogP contribution in [0.4, 0.5) is 5.69 Å². The average Bonchev–Trinajstić information content (AvgIpc) is 3.04. The van der Waals surface area contributed by atoms with E-state index in [4.69, 9.17) is 21.1 Å². The normalized spacial score (nSPS) is 12.4. The molecule has 1 N–H and O–H groups in total. The van der Waals surface area contributed by atoms with E-state index in [-0.39, 0.29) is 12.7 Å². The van der Waals surface area contributed by atoms with E-state index in [0.717, 1.165) is 16.5 Å². The van der Waals surface area contributed by atoms with Crippen LogP contribution >= 0.6 is 11.6 Å². The van der Waals surface area contributed by atoms with Gasteiger partial charge in [0.15, 0.2) is 11.5 Å². The van der Waals surface area contributed by atoms with Gasteiger partial charge in [0.25, 0.3) is 5.91 Å². The summed E-state index contributed by atoms with van der Waals surface area (Å²) in [6.45, 7) is 0.115. The molecule has 0 saturated heterocycles. The predicted molar refractivity (Wildman–Crippen MR) is 89.5 cm³/mol. The summed E-state index contributed by atoms with van der Waals surface area (Å²) in [6.07, 6.45) is 0. The van der Waals surface area contributed by atoms with Crippen molar-refractivity contribution >= 4 is 34.0 Å². The standard InChI is InChI=1S/C18H12ClNO3/c19-14-8-12(9-16-17(14)23-10-22-16)18(21)20-15-7-3-5-11-4-1-2-6-13(11)15/h1-9H,10H2,(H,20,21). The van der Waals surface area contributed by atoms with Crippen molar-refractivity contribution in [3.63, 3.8) is 0 Å². The first-order valence-electron chi connectivity index (χ1n) is 7.10. The fraction of sp³-hybridized carbons (Fsp3) is 0.0556. The smallest absolute Gasteiger partial charge is 0.255 e. The zero-order chi connectivity index (χ0) is 15.8. The number of benzene rings is 3. The van der Waals surface area contributed by atoms with E-state index >= 15 is 0 Å². The van der Waals surface area contributed by atoms with Gasteiger partial charge in [-0.15, -0.1) is 0 Å². The second-order valence-corrected chi connectivity index (χ2v) is 5.58. The minimum absolute atomic E-state index is 0.115. The van der Waals surface area contributed by atoms with Gasteiger partial charge in [-0.05, 0) is 23.6 Å². The van der Waals surface area contributed by atoms with Crippen molar-refractivity contribution in [1.82, 2.24) is 0 Å². The van der Waals surface area contributed by atoms with E-state index < -0.39 is 0 Å². The van der Waals surface area contributed by atoms with Crippen LogP contribution in [0.1, 0.15) is 10.4 Å². The molecule has 0 spiro atoms. The number of amides is 1. The van der Waals surface area contributed by atoms with Crippen molar-refractivity contribution in [2.75, 3.05) is 12.1 Å². The predicted octanol–water partition coefficient (Wildman–Crippen LogP) is 4.47. The zero-order valence-electron chi connectivity index (χ0n) is 12.0. The molecule has 1 amide bonds. The van der Waals surface area contributed by atoms with Gasteiger partial charge in [-0.3, -0.25) is 4.79 Å². The molecule has 0 unspecified atom stereocenters. The monoisotopic (exact) mass is 325 g/mol. The third-order valence-electron chi connectivity index (χ3n) is 3.73. The number of nitrogens with one attached hydrogen (secondary N) is 1. The quantitative estimate of drug-likeness (QED) is 0.756. The number of hydrogen-bond acceptors (Lipinski definition) is 3. The maximum absolute atomic E-state index is 12.5. The molecule has 3 aromatic carbocycles. The van der Waals surface area contributed by atoms with Gasteiger partial charge in [0.05, 0.1) is 5.02 Å². The summed E-state index contributed by atoms with van der Waals surface area (Å²) in [5.41, 5.74) is 1.18. The highest BCUT2D eigenvalue weighted by Gasteiger charge is 2.21. The third kappa shape index (κ3) is 2.47. The second kappa shape index (κ2) is 5.48. The molecule has 0 fully saturated rings. The minimum Gasteiger partial charge on any atom is -0.454 e. The Kier molecular flexibility index (Phi) is 3.32. The van der Waals surface area contributed by atoms with Crippen LogP contribution in [0, 0.1) is 0 Å². The molecule has 0 saturated carbocycles. The molecule has 0 atom stereocenters. The van der Waals surface area contributed by atoms with Gasteiger partial charge in [-0.1, -0.05) is 48.0 Å². The largest absolute Gasteiger partial charge is 0.454 e. The van der Waals surface area contributed by atoms with Gasteiger partial charge in [0.1, 0.15) is 0 Å². The number of hydrogen-bond donors (Lipinski definition) is 1. The van der Waals surface area contributed by atoms with Crippen LogP contribution < -0.4 is 14.8 Å². The Morgan fingerprint density at radius 2 is 1.87 bits per heavy atom. The number of anilines is 1. The molecule has 0 aliphatic carbocycles. The highest BCUT2D eigenvalue weighted by molar-refractivity contribution is 6.33. The summed E-state index contributed by atoms with van der Waals surface area (Å²) in [6, 6.07) is 16.9. The van der Waals surface area contributed by atoms with Gasteiger partial charge in [0.2, 0.25) is 6.79 Å². The Labute approximate surface area is 137 Å². The highest BCUT2D eigenvalue weighted by atomic mass is 35.5. The first kappa shape index (κ1) is 13.9. The third-order valence-corrected chi connectivity index (χ3v) is 4.01. The second-order valence-electron chi connectivity index (χ2n) is 5.17. The van der Waals surface area contributed by atoms with E-state index in [1.807, 2.05) is 42.5 Å². The SMILES string of the molecule is O=C(Nc1cccc2ccccc12)c1cc(Cl)c2c(c1)OCO2. The van der Waals surface area contributed by atoms with Crippen LogP contribution in [0.5, 0.6) is 11.5 Å². The maximum atomic E-state index is 12.5. The van der Waals surface area contributed by atoms with Gasteiger partial charge >= 0.3 is 0 Å². The van der Waals surface area contributed by atoms with Crippen LogP contribution in [-0.4, -0.2) is 12.7 Å². The van der Waals surface area contributed by atoms with E-state index in [1.165, 1.54) is 0 Å². The van der Waals surface area contributed by atoms with E-state index in [9.17, 15) is 4.79 Å². The maximum Gasteiger partial charge on any atom is 0.255 e. The number of carbonyl (C=O) groups is 1. The topological polar surface area (TPSA) is 47.6 Å². The van der Waals surface area contributed by atoms with Crippen LogP contribution in [0.25, 0.3) is 10.8 Å². The fourth-order valence-electron chi connectivity index (χ4n) is 2.63. The Bertz CT molecular complexity index is 918. The molecule has 0 aromatic heterocycles. The van der Waals surface area contributed by atoms with Crippen molar-refractivity contribution in [2.45, 2.75) is 0 Å². The van der Waals surface area contributed by atoms with Gasteiger partial charge in [-0.25, -0.2) is 0 Å². The van der Waals surface area contributed by atoms with Crippen molar-refractivity contribution < 1.29 is 14.3 Å². The Morgan fingerprint density at radius 1 is 1.04 bits per heavy atom. The highest BCUT2D eigenvalue weighted by Crippen LogP contribution is 2.40. The molecule has 4 rings (SSSR count). The minimum atomic E-state index is -0.249. The fourth-order valence-corrected chi connectivity index (χ4v) is 2.89. The van der Waals surface area contributed by atoms with Crippen LogP contribution in [0.15, 0.2) is 54.6 Å². The molecular formula is C18H12ClNO3. The number of rotatable bonds is 2. The molecule has 0 radical (unpaired) electrons. The van der Waals surface area contributed by atoms with Crippen molar-refractivity contribution in [3.8, 4) is 11.5 Å². The van der Waals surface area contributed by atoms with Crippen LogP contribution in [-0.2, 0) is 0 Å². The number of fused-ring (bicyclic) bond motifs is 2. The summed E-state index contributed by atoms with van der Waals surface area (Å²) < 4.78 is 10.6. The summed E-state index contributed by atoms with van der Waals surface area (Å²) in [4.78, 5) is 12.5. The Balaban J connectivity index is 1.69. The Morgan fingerprint density at radius 3 is 2.78 bits per heavy atom. The van der Waals surface area contributed by atoms with Crippen molar-refractivity contribution in [2.24, 2.45) is 0 Å². The molecule has 5 heteroatoms. The molecule has 114 valence electrons. The lowest BCUT2D eigenvalue weighted by molar-refractivity contribution is 0.102. The summed E-state index contributed by atoms with van der Waals surface area (Å²) in [7, 11) is 0. The lowest BCUT2D eigenvalue weighted by Crippen LogP contribution is -2.12. The van der Waals surface area contributed by atoms with Crippen LogP contribution in [0.3, 0.4) is 0 Å². The number of halogens is 1. The van der Waals surface area contributed by atoms with E-state index in [0.29, 0.717) is 22.1 Å². The zero-order valence-corrected chi connectivity index (χ0v) is 12.8. The molecule has 1 aliphatic rings. The molecule has 23 heavy (non-hydrogen) atoms. The van der Waals surface area contributed by atoms with Gasteiger partial charge in [-0.2, -0.15) is 0 Å².